The highest BCUT2D eigenvalue weighted by atomic mass is 16.6. The van der Waals surface area contributed by atoms with Gasteiger partial charge in [0.05, 0.1) is 0 Å². The fraction of sp³-hybridized carbons (Fsp3) is 0.714. The van der Waals surface area contributed by atoms with Crippen LogP contribution in [-0.2, 0) is 11.3 Å². The van der Waals surface area contributed by atoms with E-state index in [1.165, 1.54) is 0 Å². The molecule has 0 radical (unpaired) electrons. The fourth-order valence-corrected chi connectivity index (χ4v) is 2.37. The van der Waals surface area contributed by atoms with Crippen LogP contribution in [-0.4, -0.2) is 39.5 Å². The van der Waals surface area contributed by atoms with E-state index in [1.807, 2.05) is 31.6 Å². The van der Waals surface area contributed by atoms with Gasteiger partial charge >= 0.3 is 6.09 Å². The van der Waals surface area contributed by atoms with E-state index in [1.54, 1.807) is 11.0 Å². The van der Waals surface area contributed by atoms with Crippen LogP contribution in [0.15, 0.2) is 12.3 Å². The molecule has 2 N–H and O–H groups in total. The van der Waals surface area contributed by atoms with Crippen LogP contribution < -0.4 is 5.73 Å². The molecule has 112 valence electrons. The number of aromatic nitrogens is 2. The van der Waals surface area contributed by atoms with E-state index < -0.39 is 5.60 Å². The summed E-state index contributed by atoms with van der Waals surface area (Å²) in [4.78, 5) is 13.7. The predicted octanol–water partition coefficient (Wildman–Crippen LogP) is 2.11. The Hall–Kier alpha value is -1.72. The van der Waals surface area contributed by atoms with Crippen molar-refractivity contribution in [2.75, 3.05) is 18.8 Å². The molecule has 0 bridgehead atoms. The standard InChI is InChI=1S/C14H24N4O2/c1-14(2,3)20-13(19)17-7-4-11(5-8-17)10-18-9-6-12(15)16-18/h6,9,11H,4-5,7-8,10H2,1-3H3,(H2,15,16). The largest absolute Gasteiger partial charge is 0.444 e. The number of hydrogen-bond donors (Lipinski definition) is 1. The van der Waals surface area contributed by atoms with E-state index >= 15 is 0 Å². The molecule has 0 spiro atoms. The number of nitrogen functional groups attached to an aromatic ring is 1. The highest BCUT2D eigenvalue weighted by Crippen LogP contribution is 2.21. The number of nitrogens with zero attached hydrogens (tertiary/aromatic N) is 3. The summed E-state index contributed by atoms with van der Waals surface area (Å²) in [5.41, 5.74) is 5.17. The average molecular weight is 280 g/mol. The molecule has 2 heterocycles. The lowest BCUT2D eigenvalue weighted by atomic mass is 9.97. The summed E-state index contributed by atoms with van der Waals surface area (Å²) < 4.78 is 7.27. The third-order valence-corrected chi connectivity index (χ3v) is 3.37. The Balaban J connectivity index is 1.79. The van der Waals surface area contributed by atoms with Crippen LogP contribution in [0.1, 0.15) is 33.6 Å². The molecule has 1 aromatic heterocycles. The van der Waals surface area contributed by atoms with Gasteiger partial charge in [-0.2, -0.15) is 5.10 Å². The van der Waals surface area contributed by atoms with Crippen molar-refractivity contribution >= 4 is 11.9 Å². The lowest BCUT2D eigenvalue weighted by Crippen LogP contribution is -2.42. The topological polar surface area (TPSA) is 73.4 Å². The second kappa shape index (κ2) is 5.73. The molecular formula is C14H24N4O2. The SMILES string of the molecule is CC(C)(C)OC(=O)N1CCC(Cn2ccc(N)n2)CC1. The Labute approximate surface area is 119 Å². The highest BCUT2D eigenvalue weighted by Gasteiger charge is 2.26. The molecule has 1 fully saturated rings. The van der Waals surface area contributed by atoms with Gasteiger partial charge in [-0.15, -0.1) is 0 Å². The number of piperidine rings is 1. The minimum absolute atomic E-state index is 0.209. The van der Waals surface area contributed by atoms with Gasteiger partial charge in [0, 0.05) is 25.8 Å². The van der Waals surface area contributed by atoms with Crippen LogP contribution in [0.4, 0.5) is 10.6 Å². The second-order valence-electron chi connectivity index (χ2n) is 6.37. The first-order chi connectivity index (χ1) is 9.33. The molecule has 2 rings (SSSR count). The van der Waals surface area contributed by atoms with E-state index in [4.69, 9.17) is 10.5 Å². The van der Waals surface area contributed by atoms with E-state index in [0.29, 0.717) is 11.7 Å². The van der Waals surface area contributed by atoms with E-state index in [2.05, 4.69) is 5.10 Å². The summed E-state index contributed by atoms with van der Waals surface area (Å²) in [6.07, 6.45) is 3.63. The Morgan fingerprint density at radius 3 is 2.60 bits per heavy atom. The molecule has 0 atom stereocenters. The Morgan fingerprint density at radius 1 is 1.45 bits per heavy atom. The number of rotatable bonds is 2. The first-order valence-electron chi connectivity index (χ1n) is 7.10. The van der Waals surface area contributed by atoms with Crippen molar-refractivity contribution < 1.29 is 9.53 Å². The Morgan fingerprint density at radius 2 is 2.10 bits per heavy atom. The highest BCUT2D eigenvalue weighted by molar-refractivity contribution is 5.68. The van der Waals surface area contributed by atoms with Crippen LogP contribution >= 0.6 is 0 Å². The number of nitrogens with two attached hydrogens (primary N) is 1. The fourth-order valence-electron chi connectivity index (χ4n) is 2.37. The first-order valence-corrected chi connectivity index (χ1v) is 7.10. The molecule has 1 aliphatic heterocycles. The number of carbonyl (C=O) groups is 1. The number of amides is 1. The zero-order valence-corrected chi connectivity index (χ0v) is 12.5. The lowest BCUT2D eigenvalue weighted by Gasteiger charge is -2.33. The minimum atomic E-state index is -0.430. The second-order valence-corrected chi connectivity index (χ2v) is 6.37. The minimum Gasteiger partial charge on any atom is -0.444 e. The molecule has 1 aliphatic rings. The maximum absolute atomic E-state index is 12.0. The maximum Gasteiger partial charge on any atom is 0.410 e. The Kier molecular flexibility index (Phi) is 4.20. The van der Waals surface area contributed by atoms with Gasteiger partial charge in [-0.25, -0.2) is 4.79 Å². The van der Waals surface area contributed by atoms with Crippen molar-refractivity contribution in [3.05, 3.63) is 12.3 Å². The summed E-state index contributed by atoms with van der Waals surface area (Å²) in [6, 6.07) is 1.80. The first kappa shape index (κ1) is 14.7. The van der Waals surface area contributed by atoms with Crippen LogP contribution in [0.2, 0.25) is 0 Å². The number of anilines is 1. The van der Waals surface area contributed by atoms with E-state index in [-0.39, 0.29) is 6.09 Å². The van der Waals surface area contributed by atoms with Crippen molar-refractivity contribution in [2.24, 2.45) is 5.92 Å². The monoisotopic (exact) mass is 280 g/mol. The molecule has 6 heteroatoms. The quantitative estimate of drug-likeness (QED) is 0.900. The van der Waals surface area contributed by atoms with Gasteiger partial charge in [0.25, 0.3) is 0 Å². The van der Waals surface area contributed by atoms with Gasteiger partial charge in [0.1, 0.15) is 11.4 Å². The summed E-state index contributed by atoms with van der Waals surface area (Å²) in [5, 5.41) is 4.20. The number of hydrogen-bond acceptors (Lipinski definition) is 4. The van der Waals surface area contributed by atoms with Crippen molar-refractivity contribution in [1.82, 2.24) is 14.7 Å². The average Bonchev–Trinajstić information content (AvgIpc) is 2.73. The zero-order valence-electron chi connectivity index (χ0n) is 12.5. The van der Waals surface area contributed by atoms with Gasteiger partial charge in [-0.3, -0.25) is 4.68 Å². The van der Waals surface area contributed by atoms with Crippen molar-refractivity contribution in [3.8, 4) is 0 Å². The molecule has 20 heavy (non-hydrogen) atoms. The third kappa shape index (κ3) is 4.15. The molecule has 0 unspecified atom stereocenters. The van der Waals surface area contributed by atoms with Crippen LogP contribution in [0.25, 0.3) is 0 Å². The predicted molar refractivity (Wildman–Crippen MR) is 77.2 cm³/mol. The van der Waals surface area contributed by atoms with Gasteiger partial charge in [-0.1, -0.05) is 0 Å². The number of likely N-dealkylation sites (tertiary alicyclic amines) is 1. The van der Waals surface area contributed by atoms with Gasteiger partial charge in [0.2, 0.25) is 0 Å². The van der Waals surface area contributed by atoms with Crippen molar-refractivity contribution in [3.63, 3.8) is 0 Å². The van der Waals surface area contributed by atoms with Crippen LogP contribution in [0.5, 0.6) is 0 Å². The Bertz CT molecular complexity index is 456. The molecule has 0 aromatic carbocycles. The summed E-state index contributed by atoms with van der Waals surface area (Å²) in [7, 11) is 0. The molecule has 1 aromatic rings. The summed E-state index contributed by atoms with van der Waals surface area (Å²) in [6.45, 7) is 8.02. The van der Waals surface area contributed by atoms with Crippen molar-refractivity contribution in [1.29, 1.82) is 0 Å². The summed E-state index contributed by atoms with van der Waals surface area (Å²) in [5.74, 6) is 1.09. The molecular weight excluding hydrogens is 256 g/mol. The smallest absolute Gasteiger partial charge is 0.410 e. The number of carbonyl (C=O) groups excluding carboxylic acids is 1. The zero-order chi connectivity index (χ0) is 14.8. The van der Waals surface area contributed by atoms with Crippen molar-refractivity contribution in [2.45, 2.75) is 45.8 Å². The molecule has 1 amide bonds. The molecule has 6 nitrogen and oxygen atoms in total. The molecule has 0 aliphatic carbocycles. The normalized spacial score (nSPS) is 17.2. The van der Waals surface area contributed by atoms with Crippen LogP contribution in [0, 0.1) is 5.92 Å². The third-order valence-electron chi connectivity index (χ3n) is 3.37. The number of ether oxygens (including phenoxy) is 1. The molecule has 0 saturated carbocycles. The van der Waals surface area contributed by atoms with Gasteiger partial charge in [-0.05, 0) is 45.6 Å². The lowest BCUT2D eigenvalue weighted by molar-refractivity contribution is 0.0177. The van der Waals surface area contributed by atoms with Gasteiger partial charge in [0.15, 0.2) is 0 Å². The molecule has 1 saturated heterocycles. The van der Waals surface area contributed by atoms with E-state index in [0.717, 1.165) is 32.5 Å². The maximum atomic E-state index is 12.0. The van der Waals surface area contributed by atoms with Gasteiger partial charge < -0.3 is 15.4 Å². The van der Waals surface area contributed by atoms with Crippen LogP contribution in [0.3, 0.4) is 0 Å². The van der Waals surface area contributed by atoms with E-state index in [9.17, 15) is 4.79 Å². The summed E-state index contributed by atoms with van der Waals surface area (Å²) >= 11 is 0.